The molecule has 0 unspecified atom stereocenters. The van der Waals surface area contributed by atoms with Gasteiger partial charge in [0.25, 0.3) is 5.91 Å². The van der Waals surface area contributed by atoms with Crippen molar-refractivity contribution in [3.8, 4) is 0 Å². The zero-order chi connectivity index (χ0) is 13.8. The molecular formula is C14H19N3OS. The third kappa shape index (κ3) is 3.04. The Labute approximate surface area is 117 Å². The van der Waals surface area contributed by atoms with Crippen LogP contribution in [-0.2, 0) is 12.8 Å². The first-order valence-corrected chi connectivity index (χ1v) is 7.40. The van der Waals surface area contributed by atoms with Crippen LogP contribution in [0.2, 0.25) is 0 Å². The molecule has 0 aliphatic carbocycles. The Kier molecular flexibility index (Phi) is 4.37. The molecule has 2 aromatic rings. The summed E-state index contributed by atoms with van der Waals surface area (Å²) >= 11 is 1.55. The highest BCUT2D eigenvalue weighted by Crippen LogP contribution is 2.24. The highest BCUT2D eigenvalue weighted by Gasteiger charge is 2.14. The number of nitrogens with one attached hydrogen (secondary N) is 2. The minimum absolute atomic E-state index is 0.0607. The Hall–Kier alpha value is -1.62. The lowest BCUT2D eigenvalue weighted by Gasteiger charge is -2.02. The molecule has 5 heteroatoms. The van der Waals surface area contributed by atoms with Crippen LogP contribution in [0.1, 0.15) is 45.9 Å². The van der Waals surface area contributed by atoms with E-state index in [9.17, 15) is 4.79 Å². The lowest BCUT2D eigenvalue weighted by atomic mass is 10.1. The number of thiophene rings is 1. The third-order valence-electron chi connectivity index (χ3n) is 3.10. The Morgan fingerprint density at radius 1 is 1.42 bits per heavy atom. The van der Waals surface area contributed by atoms with Gasteiger partial charge in [-0.3, -0.25) is 9.89 Å². The number of anilines is 1. The van der Waals surface area contributed by atoms with Gasteiger partial charge in [0, 0.05) is 10.4 Å². The molecule has 2 rings (SSSR count). The number of aryl methyl sites for hydroxylation is 3. The fraction of sp³-hybridized carbons (Fsp3) is 0.429. The molecule has 0 fully saturated rings. The standard InChI is InChI=1S/C14H19N3OS/c1-4-6-11-7-12(19-9(11)3)14(18)16-13-10(5-2)8-15-17-13/h7-8H,4-6H2,1-3H3,(H2,15,16,17,18). The number of aromatic nitrogens is 2. The monoisotopic (exact) mass is 277 g/mol. The predicted octanol–water partition coefficient (Wildman–Crippen LogP) is 3.55. The van der Waals surface area contributed by atoms with Crippen molar-refractivity contribution in [2.24, 2.45) is 0 Å². The Bertz CT molecular complexity index is 571. The van der Waals surface area contributed by atoms with Crippen molar-refractivity contribution in [1.29, 1.82) is 0 Å². The van der Waals surface area contributed by atoms with E-state index in [1.807, 2.05) is 13.0 Å². The zero-order valence-corrected chi connectivity index (χ0v) is 12.4. The molecule has 0 aliphatic rings. The Morgan fingerprint density at radius 3 is 2.89 bits per heavy atom. The summed E-state index contributed by atoms with van der Waals surface area (Å²) in [4.78, 5) is 14.2. The van der Waals surface area contributed by atoms with Crippen molar-refractivity contribution in [2.75, 3.05) is 5.32 Å². The van der Waals surface area contributed by atoms with Gasteiger partial charge in [0.1, 0.15) is 5.82 Å². The highest BCUT2D eigenvalue weighted by atomic mass is 32.1. The largest absolute Gasteiger partial charge is 0.306 e. The summed E-state index contributed by atoms with van der Waals surface area (Å²) in [6, 6.07) is 2.00. The second-order valence-electron chi connectivity index (χ2n) is 4.52. The van der Waals surface area contributed by atoms with Crippen molar-refractivity contribution in [3.63, 3.8) is 0 Å². The van der Waals surface area contributed by atoms with Gasteiger partial charge in [-0.05, 0) is 31.4 Å². The van der Waals surface area contributed by atoms with Crippen LogP contribution in [0.25, 0.3) is 0 Å². The minimum Gasteiger partial charge on any atom is -0.306 e. The molecule has 19 heavy (non-hydrogen) atoms. The molecular weight excluding hydrogens is 258 g/mol. The van der Waals surface area contributed by atoms with Gasteiger partial charge in [-0.15, -0.1) is 11.3 Å². The van der Waals surface area contributed by atoms with Gasteiger partial charge in [-0.2, -0.15) is 5.10 Å². The first kappa shape index (κ1) is 13.8. The molecule has 4 nitrogen and oxygen atoms in total. The van der Waals surface area contributed by atoms with Crippen LogP contribution < -0.4 is 5.32 Å². The van der Waals surface area contributed by atoms with Crippen molar-refractivity contribution in [2.45, 2.75) is 40.0 Å². The average molecular weight is 277 g/mol. The summed E-state index contributed by atoms with van der Waals surface area (Å²) in [5.41, 5.74) is 2.30. The van der Waals surface area contributed by atoms with Gasteiger partial charge in [0.2, 0.25) is 0 Å². The van der Waals surface area contributed by atoms with Gasteiger partial charge in [-0.25, -0.2) is 0 Å². The first-order chi connectivity index (χ1) is 9.15. The van der Waals surface area contributed by atoms with E-state index in [2.05, 4.69) is 29.4 Å². The average Bonchev–Trinajstić information content (AvgIpc) is 2.97. The molecule has 2 heterocycles. The topological polar surface area (TPSA) is 57.8 Å². The molecule has 2 N–H and O–H groups in total. The molecule has 0 bridgehead atoms. The summed E-state index contributed by atoms with van der Waals surface area (Å²) < 4.78 is 0. The summed E-state index contributed by atoms with van der Waals surface area (Å²) in [7, 11) is 0. The van der Waals surface area contributed by atoms with Crippen molar-refractivity contribution < 1.29 is 4.79 Å². The molecule has 0 saturated heterocycles. The van der Waals surface area contributed by atoms with E-state index in [1.54, 1.807) is 17.5 Å². The molecule has 0 aromatic carbocycles. The van der Waals surface area contributed by atoms with Crippen LogP contribution in [-0.4, -0.2) is 16.1 Å². The number of H-pyrrole nitrogens is 1. The van der Waals surface area contributed by atoms with Crippen LogP contribution in [0.3, 0.4) is 0 Å². The smallest absolute Gasteiger partial charge is 0.266 e. The number of carbonyl (C=O) groups is 1. The second kappa shape index (κ2) is 6.02. The normalized spacial score (nSPS) is 10.7. The van der Waals surface area contributed by atoms with Crippen LogP contribution in [0.4, 0.5) is 5.82 Å². The maximum absolute atomic E-state index is 12.2. The molecule has 0 atom stereocenters. The van der Waals surface area contributed by atoms with Crippen LogP contribution in [0, 0.1) is 6.92 Å². The van der Waals surface area contributed by atoms with E-state index in [0.29, 0.717) is 5.82 Å². The first-order valence-electron chi connectivity index (χ1n) is 6.58. The maximum atomic E-state index is 12.2. The molecule has 1 amide bonds. The number of rotatable bonds is 5. The van der Waals surface area contributed by atoms with Crippen molar-refractivity contribution >= 4 is 23.1 Å². The molecule has 0 aliphatic heterocycles. The summed E-state index contributed by atoms with van der Waals surface area (Å²) in [6.45, 7) is 6.25. The molecule has 102 valence electrons. The lowest BCUT2D eigenvalue weighted by molar-refractivity contribution is 0.103. The molecule has 0 saturated carbocycles. The maximum Gasteiger partial charge on any atom is 0.266 e. The molecule has 0 spiro atoms. The van der Waals surface area contributed by atoms with Gasteiger partial charge in [0.05, 0.1) is 11.1 Å². The highest BCUT2D eigenvalue weighted by molar-refractivity contribution is 7.14. The van der Waals surface area contributed by atoms with Gasteiger partial charge >= 0.3 is 0 Å². The van der Waals surface area contributed by atoms with Gasteiger partial charge in [0.15, 0.2) is 0 Å². The predicted molar refractivity (Wildman–Crippen MR) is 79.0 cm³/mol. The van der Waals surface area contributed by atoms with Gasteiger partial charge in [-0.1, -0.05) is 20.3 Å². The number of carbonyl (C=O) groups excluding carboxylic acids is 1. The number of hydrogen-bond acceptors (Lipinski definition) is 3. The molecule has 2 aromatic heterocycles. The lowest BCUT2D eigenvalue weighted by Crippen LogP contribution is -2.11. The van der Waals surface area contributed by atoms with E-state index >= 15 is 0 Å². The Balaban J connectivity index is 2.14. The quantitative estimate of drug-likeness (QED) is 0.878. The third-order valence-corrected chi connectivity index (χ3v) is 4.19. The van der Waals surface area contributed by atoms with Crippen molar-refractivity contribution in [1.82, 2.24) is 10.2 Å². The zero-order valence-electron chi connectivity index (χ0n) is 11.5. The number of amides is 1. The molecule has 0 radical (unpaired) electrons. The van der Waals surface area contributed by atoms with E-state index in [4.69, 9.17) is 0 Å². The fourth-order valence-corrected chi connectivity index (χ4v) is 2.98. The van der Waals surface area contributed by atoms with Crippen LogP contribution in [0.15, 0.2) is 12.3 Å². The van der Waals surface area contributed by atoms with E-state index in [1.165, 1.54) is 10.4 Å². The van der Waals surface area contributed by atoms with Crippen LogP contribution >= 0.6 is 11.3 Å². The Morgan fingerprint density at radius 2 is 2.21 bits per heavy atom. The summed E-state index contributed by atoms with van der Waals surface area (Å²) in [5.74, 6) is 0.644. The van der Waals surface area contributed by atoms with E-state index < -0.39 is 0 Å². The summed E-state index contributed by atoms with van der Waals surface area (Å²) in [5, 5.41) is 9.68. The number of aromatic amines is 1. The van der Waals surface area contributed by atoms with Gasteiger partial charge < -0.3 is 5.32 Å². The SMILES string of the molecule is CCCc1cc(C(=O)Nc2[nH]ncc2CC)sc1C. The second-order valence-corrected chi connectivity index (χ2v) is 5.78. The number of hydrogen-bond donors (Lipinski definition) is 2. The van der Waals surface area contributed by atoms with E-state index in [0.717, 1.165) is 29.7 Å². The number of nitrogens with zero attached hydrogens (tertiary/aromatic N) is 1. The fourth-order valence-electron chi connectivity index (χ4n) is 2.01. The summed E-state index contributed by atoms with van der Waals surface area (Å²) in [6.07, 6.45) is 4.72. The minimum atomic E-state index is -0.0607. The van der Waals surface area contributed by atoms with E-state index in [-0.39, 0.29) is 5.91 Å². The van der Waals surface area contributed by atoms with Crippen molar-refractivity contribution in [3.05, 3.63) is 33.1 Å². The van der Waals surface area contributed by atoms with Crippen LogP contribution in [0.5, 0.6) is 0 Å².